The SMILES string of the molecule is COc1ccc(-c2nnc(SCc3cc(=O)n4ccsc4n3)n2Cc2ccco2)cc1. The first-order chi connectivity index (χ1) is 15.2. The summed E-state index contributed by atoms with van der Waals surface area (Å²) in [6, 6.07) is 13.0. The quantitative estimate of drug-likeness (QED) is 0.346. The molecule has 0 N–H and O–H groups in total. The zero-order valence-corrected chi connectivity index (χ0v) is 18.1. The molecule has 4 heterocycles. The minimum absolute atomic E-state index is 0.0853. The maximum Gasteiger partial charge on any atom is 0.258 e. The lowest BCUT2D eigenvalue weighted by Crippen LogP contribution is -2.12. The lowest BCUT2D eigenvalue weighted by Gasteiger charge is -2.09. The number of furan rings is 1. The van der Waals surface area contributed by atoms with Gasteiger partial charge in [0, 0.05) is 29.0 Å². The molecule has 0 atom stereocenters. The molecule has 31 heavy (non-hydrogen) atoms. The first-order valence-corrected chi connectivity index (χ1v) is 11.3. The molecule has 0 unspecified atom stereocenters. The Hall–Kier alpha value is -3.37. The molecule has 156 valence electrons. The predicted octanol–water partition coefficient (Wildman–Crippen LogP) is 3.96. The van der Waals surface area contributed by atoms with Gasteiger partial charge in [-0.05, 0) is 36.4 Å². The van der Waals surface area contributed by atoms with Crippen molar-refractivity contribution in [1.82, 2.24) is 24.1 Å². The number of nitrogens with zero attached hydrogens (tertiary/aromatic N) is 5. The third kappa shape index (κ3) is 3.99. The van der Waals surface area contributed by atoms with Crippen molar-refractivity contribution >= 4 is 28.1 Å². The molecule has 0 aliphatic carbocycles. The van der Waals surface area contributed by atoms with Gasteiger partial charge >= 0.3 is 0 Å². The van der Waals surface area contributed by atoms with Crippen LogP contribution in [0.5, 0.6) is 5.75 Å². The van der Waals surface area contributed by atoms with Gasteiger partial charge in [0.15, 0.2) is 15.9 Å². The smallest absolute Gasteiger partial charge is 0.258 e. The highest BCUT2D eigenvalue weighted by atomic mass is 32.2. The van der Waals surface area contributed by atoms with Crippen LogP contribution in [0.15, 0.2) is 74.7 Å². The second kappa shape index (κ2) is 8.40. The molecule has 0 aliphatic heterocycles. The Morgan fingerprint density at radius 1 is 1.19 bits per heavy atom. The molecule has 0 saturated heterocycles. The molecular formula is C21H17N5O3S2. The lowest BCUT2D eigenvalue weighted by molar-refractivity contribution is 0.415. The standard InChI is InChI=1S/C21H17N5O3S2/c1-28-16-6-4-14(5-7-16)19-23-24-21(26(19)12-17-3-2-9-29-17)31-13-15-11-18(27)25-8-10-30-20(25)22-15/h2-11H,12-13H2,1H3. The molecule has 0 aliphatic rings. The normalized spacial score (nSPS) is 11.3. The van der Waals surface area contributed by atoms with Gasteiger partial charge in [-0.2, -0.15) is 0 Å². The fourth-order valence-corrected chi connectivity index (χ4v) is 4.72. The number of ether oxygens (including phenoxy) is 1. The van der Waals surface area contributed by atoms with Crippen LogP contribution < -0.4 is 10.3 Å². The van der Waals surface area contributed by atoms with Crippen LogP contribution in [-0.4, -0.2) is 31.3 Å². The van der Waals surface area contributed by atoms with E-state index in [4.69, 9.17) is 9.15 Å². The molecular weight excluding hydrogens is 434 g/mol. The Labute approximate surface area is 185 Å². The van der Waals surface area contributed by atoms with E-state index in [-0.39, 0.29) is 5.56 Å². The number of benzene rings is 1. The fraction of sp³-hybridized carbons (Fsp3) is 0.143. The molecule has 0 amide bonds. The second-order valence-electron chi connectivity index (χ2n) is 6.63. The summed E-state index contributed by atoms with van der Waals surface area (Å²) in [5, 5.41) is 11.4. The van der Waals surface area contributed by atoms with Crippen molar-refractivity contribution < 1.29 is 9.15 Å². The molecule has 5 aromatic rings. The molecule has 8 nitrogen and oxygen atoms in total. The Kier molecular flexibility index (Phi) is 5.31. The Morgan fingerprint density at radius 2 is 2.06 bits per heavy atom. The van der Waals surface area contributed by atoms with Crippen LogP contribution in [-0.2, 0) is 12.3 Å². The maximum absolute atomic E-state index is 12.3. The number of thiazole rings is 1. The van der Waals surface area contributed by atoms with E-state index in [1.807, 2.05) is 46.3 Å². The predicted molar refractivity (Wildman–Crippen MR) is 119 cm³/mol. The van der Waals surface area contributed by atoms with Gasteiger partial charge in [0.1, 0.15) is 11.5 Å². The highest BCUT2D eigenvalue weighted by molar-refractivity contribution is 7.98. The zero-order chi connectivity index (χ0) is 21.2. The Morgan fingerprint density at radius 3 is 2.84 bits per heavy atom. The van der Waals surface area contributed by atoms with Crippen molar-refractivity contribution in [3.8, 4) is 17.1 Å². The summed E-state index contributed by atoms with van der Waals surface area (Å²) < 4.78 is 14.3. The van der Waals surface area contributed by atoms with Crippen LogP contribution in [0, 0.1) is 0 Å². The summed E-state index contributed by atoms with van der Waals surface area (Å²) >= 11 is 2.92. The third-order valence-electron chi connectivity index (χ3n) is 4.66. The summed E-state index contributed by atoms with van der Waals surface area (Å²) in [6.45, 7) is 0.490. The first-order valence-electron chi connectivity index (χ1n) is 9.40. The molecule has 0 fully saturated rings. The molecule has 10 heteroatoms. The second-order valence-corrected chi connectivity index (χ2v) is 8.45. The molecule has 0 radical (unpaired) electrons. The largest absolute Gasteiger partial charge is 0.497 e. The summed E-state index contributed by atoms with van der Waals surface area (Å²) in [5.74, 6) is 2.80. The number of rotatable bonds is 7. The number of thioether (sulfide) groups is 1. The van der Waals surface area contributed by atoms with E-state index in [0.29, 0.717) is 23.0 Å². The maximum atomic E-state index is 12.3. The Balaban J connectivity index is 1.46. The van der Waals surface area contributed by atoms with Gasteiger partial charge in [-0.15, -0.1) is 21.5 Å². The van der Waals surface area contributed by atoms with E-state index in [9.17, 15) is 4.79 Å². The van der Waals surface area contributed by atoms with Crippen LogP contribution in [0.25, 0.3) is 16.3 Å². The average Bonchev–Trinajstić information content (AvgIpc) is 3.54. The van der Waals surface area contributed by atoms with Crippen LogP contribution in [0.4, 0.5) is 0 Å². The van der Waals surface area contributed by atoms with Gasteiger partial charge < -0.3 is 9.15 Å². The monoisotopic (exact) mass is 451 g/mol. The van der Waals surface area contributed by atoms with Crippen molar-refractivity contribution in [1.29, 1.82) is 0 Å². The minimum Gasteiger partial charge on any atom is -0.497 e. The molecule has 0 spiro atoms. The summed E-state index contributed by atoms with van der Waals surface area (Å²) in [6.07, 6.45) is 3.38. The third-order valence-corrected chi connectivity index (χ3v) is 6.42. The van der Waals surface area contributed by atoms with E-state index >= 15 is 0 Å². The van der Waals surface area contributed by atoms with Crippen LogP contribution in [0.3, 0.4) is 0 Å². The fourth-order valence-electron chi connectivity index (χ4n) is 3.15. The van der Waals surface area contributed by atoms with Gasteiger partial charge in [-0.1, -0.05) is 11.8 Å². The number of aromatic nitrogens is 5. The van der Waals surface area contributed by atoms with E-state index in [1.165, 1.54) is 23.1 Å². The molecule has 1 aromatic carbocycles. The minimum atomic E-state index is -0.0853. The Bertz CT molecular complexity index is 1370. The van der Waals surface area contributed by atoms with E-state index in [2.05, 4.69) is 15.2 Å². The van der Waals surface area contributed by atoms with E-state index in [1.54, 1.807) is 30.0 Å². The average molecular weight is 452 g/mol. The van der Waals surface area contributed by atoms with Crippen LogP contribution >= 0.6 is 23.1 Å². The number of fused-ring (bicyclic) bond motifs is 1. The highest BCUT2D eigenvalue weighted by Gasteiger charge is 2.17. The van der Waals surface area contributed by atoms with Crippen LogP contribution in [0.1, 0.15) is 11.5 Å². The van der Waals surface area contributed by atoms with E-state index in [0.717, 1.165) is 28.1 Å². The van der Waals surface area contributed by atoms with Crippen molar-refractivity contribution in [2.45, 2.75) is 17.5 Å². The van der Waals surface area contributed by atoms with E-state index < -0.39 is 0 Å². The first kappa shape index (κ1) is 19.6. The van der Waals surface area contributed by atoms with Gasteiger partial charge in [0.2, 0.25) is 0 Å². The van der Waals surface area contributed by atoms with Crippen molar-refractivity contribution in [3.05, 3.63) is 82.1 Å². The zero-order valence-electron chi connectivity index (χ0n) is 16.5. The molecule has 0 saturated carbocycles. The van der Waals surface area contributed by atoms with Crippen LogP contribution in [0.2, 0.25) is 0 Å². The molecule has 4 aromatic heterocycles. The van der Waals surface area contributed by atoms with Crippen molar-refractivity contribution in [2.75, 3.05) is 7.11 Å². The number of hydrogen-bond acceptors (Lipinski definition) is 8. The van der Waals surface area contributed by atoms with Gasteiger partial charge in [-0.3, -0.25) is 13.8 Å². The topological polar surface area (TPSA) is 87.5 Å². The number of hydrogen-bond donors (Lipinski definition) is 0. The van der Waals surface area contributed by atoms with Gasteiger partial charge in [-0.25, -0.2) is 4.98 Å². The van der Waals surface area contributed by atoms with Gasteiger partial charge in [0.25, 0.3) is 5.56 Å². The van der Waals surface area contributed by atoms with Crippen molar-refractivity contribution in [3.63, 3.8) is 0 Å². The number of methoxy groups -OCH3 is 1. The van der Waals surface area contributed by atoms with Crippen molar-refractivity contribution in [2.24, 2.45) is 0 Å². The molecule has 5 rings (SSSR count). The summed E-state index contributed by atoms with van der Waals surface area (Å²) in [5.41, 5.74) is 1.54. The lowest BCUT2D eigenvalue weighted by atomic mass is 10.2. The molecule has 0 bridgehead atoms. The summed E-state index contributed by atoms with van der Waals surface area (Å²) in [7, 11) is 1.64. The highest BCUT2D eigenvalue weighted by Crippen LogP contribution is 2.28. The van der Waals surface area contributed by atoms with Gasteiger partial charge in [0.05, 0.1) is 25.6 Å². The summed E-state index contributed by atoms with van der Waals surface area (Å²) in [4.78, 5) is 17.5.